The number of hydrogen-bond acceptors (Lipinski definition) is 3. The predicted molar refractivity (Wildman–Crippen MR) is 78.8 cm³/mol. The highest BCUT2D eigenvalue weighted by atomic mass is 79.9. The summed E-state index contributed by atoms with van der Waals surface area (Å²) in [6.07, 6.45) is 6.94. The molecule has 0 bridgehead atoms. The molecule has 0 aromatic carbocycles. The van der Waals surface area contributed by atoms with Crippen LogP contribution in [0.4, 0.5) is 0 Å². The summed E-state index contributed by atoms with van der Waals surface area (Å²) in [5, 5.41) is 0. The maximum Gasteiger partial charge on any atom is 0.244 e. The molecular weight excluding hydrogens is 352 g/mol. The van der Waals surface area contributed by atoms with Gasteiger partial charge in [-0.3, -0.25) is 4.98 Å². The SMILES string of the molecule is O=S(=O)(c1cncc(Br)c1)N(CCCl)C1CCCC1. The van der Waals surface area contributed by atoms with E-state index < -0.39 is 10.0 Å². The van der Waals surface area contributed by atoms with Crippen molar-refractivity contribution in [3.63, 3.8) is 0 Å². The Bertz CT molecular complexity index is 532. The van der Waals surface area contributed by atoms with E-state index >= 15 is 0 Å². The van der Waals surface area contributed by atoms with Crippen LogP contribution in [0.2, 0.25) is 0 Å². The van der Waals surface area contributed by atoms with E-state index in [2.05, 4.69) is 20.9 Å². The highest BCUT2D eigenvalue weighted by Gasteiger charge is 2.32. The van der Waals surface area contributed by atoms with Gasteiger partial charge in [-0.05, 0) is 34.8 Å². The lowest BCUT2D eigenvalue weighted by atomic mass is 10.2. The minimum Gasteiger partial charge on any atom is -0.262 e. The van der Waals surface area contributed by atoms with Crippen molar-refractivity contribution in [1.82, 2.24) is 9.29 Å². The number of aromatic nitrogens is 1. The Labute approximate surface area is 127 Å². The average Bonchev–Trinajstić information content (AvgIpc) is 2.89. The third-order valence-electron chi connectivity index (χ3n) is 3.32. The van der Waals surface area contributed by atoms with Crippen molar-refractivity contribution in [1.29, 1.82) is 0 Å². The van der Waals surface area contributed by atoms with Crippen LogP contribution in [-0.2, 0) is 10.0 Å². The zero-order chi connectivity index (χ0) is 13.9. The predicted octanol–water partition coefficient (Wildman–Crippen LogP) is 3.02. The summed E-state index contributed by atoms with van der Waals surface area (Å²) in [7, 11) is -3.51. The molecule has 1 fully saturated rings. The van der Waals surface area contributed by atoms with Crippen LogP contribution >= 0.6 is 27.5 Å². The van der Waals surface area contributed by atoms with Gasteiger partial charge in [-0.25, -0.2) is 8.42 Å². The normalized spacial score (nSPS) is 17.2. The molecule has 106 valence electrons. The molecule has 0 atom stereocenters. The van der Waals surface area contributed by atoms with Crippen LogP contribution in [0.15, 0.2) is 27.8 Å². The molecule has 0 amide bonds. The number of hydrogen-bond donors (Lipinski definition) is 0. The molecule has 0 radical (unpaired) electrons. The topological polar surface area (TPSA) is 50.3 Å². The van der Waals surface area contributed by atoms with Gasteiger partial charge in [0, 0.05) is 35.3 Å². The van der Waals surface area contributed by atoms with E-state index in [1.807, 2.05) is 0 Å². The molecule has 0 unspecified atom stereocenters. The van der Waals surface area contributed by atoms with E-state index in [1.165, 1.54) is 10.5 Å². The maximum absolute atomic E-state index is 12.7. The van der Waals surface area contributed by atoms with Crippen LogP contribution < -0.4 is 0 Å². The molecular formula is C12H16BrClN2O2S. The van der Waals surface area contributed by atoms with E-state index in [1.54, 1.807) is 12.3 Å². The van der Waals surface area contributed by atoms with Crippen molar-refractivity contribution in [2.45, 2.75) is 36.6 Å². The van der Waals surface area contributed by atoms with E-state index in [9.17, 15) is 8.42 Å². The third kappa shape index (κ3) is 3.48. The Morgan fingerprint density at radius 3 is 2.63 bits per heavy atom. The molecule has 1 aromatic heterocycles. The summed E-state index contributed by atoms with van der Waals surface area (Å²) in [4.78, 5) is 4.16. The van der Waals surface area contributed by atoms with Crippen molar-refractivity contribution < 1.29 is 8.42 Å². The molecule has 1 aliphatic carbocycles. The summed E-state index contributed by atoms with van der Waals surface area (Å²) in [5.74, 6) is 0.303. The summed E-state index contributed by atoms with van der Waals surface area (Å²) >= 11 is 9.02. The molecule has 0 saturated heterocycles. The maximum atomic E-state index is 12.7. The van der Waals surface area contributed by atoms with Crippen molar-refractivity contribution >= 4 is 37.6 Å². The highest BCUT2D eigenvalue weighted by molar-refractivity contribution is 9.10. The van der Waals surface area contributed by atoms with Gasteiger partial charge in [-0.2, -0.15) is 4.31 Å². The Balaban J connectivity index is 2.33. The molecule has 0 aliphatic heterocycles. The van der Waals surface area contributed by atoms with Crippen LogP contribution in [0.25, 0.3) is 0 Å². The lowest BCUT2D eigenvalue weighted by molar-refractivity contribution is 0.336. The number of nitrogens with zero attached hydrogens (tertiary/aromatic N) is 2. The fourth-order valence-electron chi connectivity index (χ4n) is 2.44. The molecule has 1 aliphatic rings. The number of halogens is 2. The zero-order valence-corrected chi connectivity index (χ0v) is 13.6. The van der Waals surface area contributed by atoms with Gasteiger partial charge in [0.1, 0.15) is 4.90 Å². The fraction of sp³-hybridized carbons (Fsp3) is 0.583. The van der Waals surface area contributed by atoms with E-state index in [0.29, 0.717) is 16.9 Å². The minimum absolute atomic E-state index is 0.0720. The van der Waals surface area contributed by atoms with Crippen molar-refractivity contribution in [3.8, 4) is 0 Å². The quantitative estimate of drug-likeness (QED) is 0.752. The Hall–Kier alpha value is -0.170. The molecule has 19 heavy (non-hydrogen) atoms. The molecule has 1 saturated carbocycles. The molecule has 4 nitrogen and oxygen atoms in total. The number of alkyl halides is 1. The molecule has 2 rings (SSSR count). The molecule has 0 N–H and O–H groups in total. The standard InChI is InChI=1S/C12H16BrClN2O2S/c13-10-7-12(9-15-8-10)19(17,18)16(6-5-14)11-3-1-2-4-11/h7-9,11H,1-6H2. The highest BCUT2D eigenvalue weighted by Crippen LogP contribution is 2.29. The first-order valence-corrected chi connectivity index (χ1v) is 9.01. The van der Waals surface area contributed by atoms with Crippen LogP contribution in [0.3, 0.4) is 0 Å². The first-order valence-electron chi connectivity index (χ1n) is 6.24. The van der Waals surface area contributed by atoms with Crippen molar-refractivity contribution in [2.75, 3.05) is 12.4 Å². The number of pyridine rings is 1. The lowest BCUT2D eigenvalue weighted by Gasteiger charge is -2.27. The van der Waals surface area contributed by atoms with E-state index in [0.717, 1.165) is 25.7 Å². The summed E-state index contributed by atoms with van der Waals surface area (Å²) in [5.41, 5.74) is 0. The van der Waals surface area contributed by atoms with Crippen LogP contribution in [0, 0.1) is 0 Å². The van der Waals surface area contributed by atoms with Crippen molar-refractivity contribution in [2.24, 2.45) is 0 Å². The number of sulfonamides is 1. The van der Waals surface area contributed by atoms with Crippen LogP contribution in [-0.4, -0.2) is 36.2 Å². The van der Waals surface area contributed by atoms with Crippen LogP contribution in [0.1, 0.15) is 25.7 Å². The molecule has 1 heterocycles. The van der Waals surface area contributed by atoms with Gasteiger partial charge in [0.2, 0.25) is 10.0 Å². The first kappa shape index (κ1) is 15.2. The van der Waals surface area contributed by atoms with Gasteiger partial charge in [0.15, 0.2) is 0 Å². The second kappa shape index (κ2) is 6.52. The molecule has 0 spiro atoms. The lowest BCUT2D eigenvalue weighted by Crippen LogP contribution is -2.40. The smallest absolute Gasteiger partial charge is 0.244 e. The first-order chi connectivity index (χ1) is 9.05. The van der Waals surface area contributed by atoms with E-state index in [-0.39, 0.29) is 10.9 Å². The van der Waals surface area contributed by atoms with Gasteiger partial charge in [0.25, 0.3) is 0 Å². The Kier molecular flexibility index (Phi) is 5.22. The second-order valence-electron chi connectivity index (χ2n) is 4.58. The van der Waals surface area contributed by atoms with Gasteiger partial charge in [-0.15, -0.1) is 11.6 Å². The Morgan fingerprint density at radius 1 is 1.37 bits per heavy atom. The molecule has 1 aromatic rings. The van der Waals surface area contributed by atoms with Gasteiger partial charge in [0.05, 0.1) is 0 Å². The van der Waals surface area contributed by atoms with Gasteiger partial charge < -0.3 is 0 Å². The summed E-state index contributed by atoms with van der Waals surface area (Å²) in [6, 6.07) is 1.65. The average molecular weight is 368 g/mol. The third-order valence-corrected chi connectivity index (χ3v) is 5.84. The second-order valence-corrected chi connectivity index (χ2v) is 7.77. The van der Waals surface area contributed by atoms with E-state index in [4.69, 9.17) is 11.6 Å². The minimum atomic E-state index is -3.51. The van der Waals surface area contributed by atoms with Crippen LogP contribution in [0.5, 0.6) is 0 Å². The largest absolute Gasteiger partial charge is 0.262 e. The number of rotatable bonds is 5. The zero-order valence-electron chi connectivity index (χ0n) is 10.4. The van der Waals surface area contributed by atoms with Gasteiger partial charge in [-0.1, -0.05) is 12.8 Å². The summed E-state index contributed by atoms with van der Waals surface area (Å²) in [6.45, 7) is 0.348. The fourth-order valence-corrected chi connectivity index (χ4v) is 4.92. The van der Waals surface area contributed by atoms with Gasteiger partial charge >= 0.3 is 0 Å². The van der Waals surface area contributed by atoms with Crippen molar-refractivity contribution in [3.05, 3.63) is 22.9 Å². The summed E-state index contributed by atoms with van der Waals surface area (Å²) < 4.78 is 27.5. The molecule has 7 heteroatoms. The Morgan fingerprint density at radius 2 is 2.05 bits per heavy atom. The monoisotopic (exact) mass is 366 g/mol.